The molecule has 1 N–H and O–H groups in total. The molecule has 0 aliphatic rings. The lowest BCUT2D eigenvalue weighted by Gasteiger charge is -2.02. The summed E-state index contributed by atoms with van der Waals surface area (Å²) < 4.78 is 9.94. The Morgan fingerprint density at radius 1 is 1.32 bits per heavy atom. The van der Waals surface area contributed by atoms with Gasteiger partial charge in [0.25, 0.3) is 5.91 Å². The molecule has 100 valence electrons. The third-order valence-electron chi connectivity index (χ3n) is 2.72. The molecule has 1 amide bonds. The third kappa shape index (κ3) is 3.34. The van der Waals surface area contributed by atoms with Gasteiger partial charge in [-0.15, -0.1) is 0 Å². The second kappa shape index (κ2) is 6.04. The van der Waals surface area contributed by atoms with E-state index in [1.165, 1.54) is 7.11 Å². The molecule has 1 aromatic carbocycles. The minimum Gasteiger partial charge on any atom is -0.469 e. The Balaban J connectivity index is 1.87. The van der Waals surface area contributed by atoms with Gasteiger partial charge in [0.15, 0.2) is 5.76 Å². The molecule has 5 nitrogen and oxygen atoms in total. The molecule has 0 saturated carbocycles. The maximum atomic E-state index is 11.8. The highest BCUT2D eigenvalue weighted by Crippen LogP contribution is 2.18. The molecule has 0 fully saturated rings. The van der Waals surface area contributed by atoms with Crippen LogP contribution < -0.4 is 5.32 Å². The fraction of sp³-hybridized carbons (Fsp3) is 0.286. The molecule has 2 rings (SSSR count). The van der Waals surface area contributed by atoms with Gasteiger partial charge < -0.3 is 14.5 Å². The van der Waals surface area contributed by atoms with Crippen LogP contribution in [0.25, 0.3) is 11.0 Å². The van der Waals surface area contributed by atoms with Crippen molar-refractivity contribution in [3.05, 3.63) is 36.1 Å². The number of nitrogens with one attached hydrogen (secondary N) is 1. The minimum absolute atomic E-state index is 0.277. The fourth-order valence-electron chi connectivity index (χ4n) is 1.72. The van der Waals surface area contributed by atoms with E-state index in [1.807, 2.05) is 24.3 Å². The number of para-hydroxylation sites is 1. The zero-order valence-electron chi connectivity index (χ0n) is 10.6. The van der Waals surface area contributed by atoms with Crippen molar-refractivity contribution in [2.45, 2.75) is 12.8 Å². The Hall–Kier alpha value is -2.30. The highest BCUT2D eigenvalue weighted by molar-refractivity contribution is 5.96. The van der Waals surface area contributed by atoms with Crippen LogP contribution >= 0.6 is 0 Å². The standard InChI is InChI=1S/C14H15NO4/c1-18-13(16)7-4-8-15-14(17)12-9-10-5-2-3-6-11(10)19-12/h2-3,5-6,9H,4,7-8H2,1H3,(H,15,17). The molecule has 1 heterocycles. The Bertz CT molecular complexity index is 555. The van der Waals surface area contributed by atoms with Crippen molar-refractivity contribution in [1.82, 2.24) is 5.32 Å². The number of ether oxygens (including phenoxy) is 1. The van der Waals surface area contributed by atoms with Crippen molar-refractivity contribution in [2.75, 3.05) is 13.7 Å². The van der Waals surface area contributed by atoms with E-state index < -0.39 is 0 Å². The van der Waals surface area contributed by atoms with E-state index in [2.05, 4.69) is 10.1 Å². The fourth-order valence-corrected chi connectivity index (χ4v) is 1.72. The third-order valence-corrected chi connectivity index (χ3v) is 2.72. The predicted molar refractivity (Wildman–Crippen MR) is 69.8 cm³/mol. The van der Waals surface area contributed by atoms with Crippen molar-refractivity contribution < 1.29 is 18.7 Å². The second-order valence-electron chi connectivity index (χ2n) is 4.08. The van der Waals surface area contributed by atoms with Crippen molar-refractivity contribution >= 4 is 22.8 Å². The molecule has 0 spiro atoms. The average Bonchev–Trinajstić information content (AvgIpc) is 2.87. The van der Waals surface area contributed by atoms with Crippen LogP contribution in [-0.4, -0.2) is 25.5 Å². The van der Waals surface area contributed by atoms with E-state index in [1.54, 1.807) is 6.07 Å². The number of benzene rings is 1. The summed E-state index contributed by atoms with van der Waals surface area (Å²) in [7, 11) is 1.34. The number of rotatable bonds is 5. The van der Waals surface area contributed by atoms with Crippen molar-refractivity contribution in [1.29, 1.82) is 0 Å². The first-order valence-electron chi connectivity index (χ1n) is 6.04. The van der Waals surface area contributed by atoms with E-state index in [0.717, 1.165) is 5.39 Å². The number of amides is 1. The topological polar surface area (TPSA) is 68.5 Å². The molecule has 0 aliphatic heterocycles. The maximum absolute atomic E-state index is 11.8. The van der Waals surface area contributed by atoms with Crippen molar-refractivity contribution in [2.24, 2.45) is 0 Å². The Morgan fingerprint density at radius 2 is 2.11 bits per heavy atom. The van der Waals surface area contributed by atoms with Crippen LogP contribution in [0.15, 0.2) is 34.7 Å². The van der Waals surface area contributed by atoms with Crippen LogP contribution in [-0.2, 0) is 9.53 Å². The molecule has 5 heteroatoms. The summed E-state index contributed by atoms with van der Waals surface area (Å²) >= 11 is 0. The van der Waals surface area contributed by atoms with E-state index in [9.17, 15) is 9.59 Å². The molecule has 0 unspecified atom stereocenters. The van der Waals surface area contributed by atoms with E-state index in [0.29, 0.717) is 18.5 Å². The van der Waals surface area contributed by atoms with Crippen LogP contribution in [0.4, 0.5) is 0 Å². The van der Waals surface area contributed by atoms with Gasteiger partial charge in [-0.05, 0) is 18.6 Å². The van der Waals surface area contributed by atoms with E-state index >= 15 is 0 Å². The lowest BCUT2D eigenvalue weighted by Crippen LogP contribution is -2.24. The van der Waals surface area contributed by atoms with Crippen LogP contribution in [0.1, 0.15) is 23.4 Å². The summed E-state index contributed by atoms with van der Waals surface area (Å²) in [6.45, 7) is 0.408. The average molecular weight is 261 g/mol. The minimum atomic E-state index is -0.280. The van der Waals surface area contributed by atoms with E-state index in [4.69, 9.17) is 4.42 Å². The van der Waals surface area contributed by atoms with Gasteiger partial charge in [-0.25, -0.2) is 0 Å². The number of furan rings is 1. The lowest BCUT2D eigenvalue weighted by molar-refractivity contribution is -0.140. The molecule has 2 aromatic rings. The van der Waals surface area contributed by atoms with Crippen LogP contribution in [0.5, 0.6) is 0 Å². The number of carbonyl (C=O) groups excluding carboxylic acids is 2. The Kier molecular flexibility index (Phi) is 4.18. The highest BCUT2D eigenvalue weighted by Gasteiger charge is 2.11. The van der Waals surface area contributed by atoms with Gasteiger partial charge in [-0.3, -0.25) is 9.59 Å². The molecule has 0 aliphatic carbocycles. The number of hydrogen-bond acceptors (Lipinski definition) is 4. The van der Waals surface area contributed by atoms with Crippen LogP contribution in [0.2, 0.25) is 0 Å². The summed E-state index contributed by atoms with van der Waals surface area (Å²) in [5, 5.41) is 3.59. The maximum Gasteiger partial charge on any atom is 0.305 e. The van der Waals surface area contributed by atoms with Gasteiger partial charge in [0.05, 0.1) is 7.11 Å². The summed E-state index contributed by atoms with van der Waals surface area (Å²) in [4.78, 5) is 22.7. The molecule has 0 bridgehead atoms. The van der Waals surface area contributed by atoms with Crippen molar-refractivity contribution in [3.63, 3.8) is 0 Å². The molecular formula is C14H15NO4. The molecule has 0 saturated heterocycles. The predicted octanol–water partition coefficient (Wildman–Crippen LogP) is 2.12. The molecular weight excluding hydrogens is 246 g/mol. The first-order valence-corrected chi connectivity index (χ1v) is 6.04. The van der Waals surface area contributed by atoms with Gasteiger partial charge in [0.2, 0.25) is 0 Å². The SMILES string of the molecule is COC(=O)CCCNC(=O)c1cc2ccccc2o1. The molecule has 19 heavy (non-hydrogen) atoms. The first kappa shape index (κ1) is 13.1. The van der Waals surface area contributed by atoms with Gasteiger partial charge in [0, 0.05) is 18.4 Å². The van der Waals surface area contributed by atoms with Gasteiger partial charge in [-0.1, -0.05) is 18.2 Å². The van der Waals surface area contributed by atoms with E-state index in [-0.39, 0.29) is 24.1 Å². The smallest absolute Gasteiger partial charge is 0.305 e. The zero-order chi connectivity index (χ0) is 13.7. The van der Waals surface area contributed by atoms with Crippen molar-refractivity contribution in [3.8, 4) is 0 Å². The zero-order valence-corrected chi connectivity index (χ0v) is 10.6. The van der Waals surface area contributed by atoms with Gasteiger partial charge in [0.1, 0.15) is 5.58 Å². The summed E-state index contributed by atoms with van der Waals surface area (Å²) in [6.07, 6.45) is 0.829. The second-order valence-corrected chi connectivity index (χ2v) is 4.08. The highest BCUT2D eigenvalue weighted by atomic mass is 16.5. The Labute approximate surface area is 110 Å². The molecule has 0 radical (unpaired) electrons. The monoisotopic (exact) mass is 261 g/mol. The lowest BCUT2D eigenvalue weighted by atomic mass is 10.2. The quantitative estimate of drug-likeness (QED) is 0.661. The molecule has 0 atom stereocenters. The molecule has 1 aromatic heterocycles. The number of hydrogen-bond donors (Lipinski definition) is 1. The summed E-state index contributed by atoms with van der Waals surface area (Å²) in [6, 6.07) is 9.13. The number of methoxy groups -OCH3 is 1. The summed E-state index contributed by atoms with van der Waals surface area (Å²) in [5.41, 5.74) is 0.683. The largest absolute Gasteiger partial charge is 0.469 e. The van der Waals surface area contributed by atoms with Gasteiger partial charge in [-0.2, -0.15) is 0 Å². The van der Waals surface area contributed by atoms with Gasteiger partial charge >= 0.3 is 5.97 Å². The van der Waals surface area contributed by atoms with Crippen LogP contribution in [0.3, 0.4) is 0 Å². The number of fused-ring (bicyclic) bond motifs is 1. The summed E-state index contributed by atoms with van der Waals surface area (Å²) in [5.74, 6) is -0.279. The number of esters is 1. The first-order chi connectivity index (χ1) is 9.20. The van der Waals surface area contributed by atoms with Crippen LogP contribution in [0, 0.1) is 0 Å². The number of carbonyl (C=O) groups is 2. The Morgan fingerprint density at radius 3 is 2.84 bits per heavy atom. The normalized spacial score (nSPS) is 10.4.